The van der Waals surface area contributed by atoms with Gasteiger partial charge in [-0.3, -0.25) is 4.79 Å². The lowest BCUT2D eigenvalue weighted by atomic mass is 10.0. The summed E-state index contributed by atoms with van der Waals surface area (Å²) in [6.07, 6.45) is 0.394. The fourth-order valence-corrected chi connectivity index (χ4v) is 2.41. The molecule has 3 N–H and O–H groups in total. The third-order valence-corrected chi connectivity index (χ3v) is 3.40. The van der Waals surface area contributed by atoms with Gasteiger partial charge < -0.3 is 20.3 Å². The highest BCUT2D eigenvalue weighted by Gasteiger charge is 2.17. The summed E-state index contributed by atoms with van der Waals surface area (Å²) in [6.45, 7) is 0. The predicted molar refractivity (Wildman–Crippen MR) is 71.0 cm³/mol. The van der Waals surface area contributed by atoms with E-state index in [1.807, 2.05) is 0 Å². The SMILES string of the molecule is COc1ccc(C(N)CCC(=O)O)c(Br)c1OC. The number of hydrogen-bond donors (Lipinski definition) is 2. The average Bonchev–Trinajstić information content (AvgIpc) is 2.35. The van der Waals surface area contributed by atoms with Gasteiger partial charge in [-0.25, -0.2) is 0 Å². The van der Waals surface area contributed by atoms with Gasteiger partial charge in [0.05, 0.1) is 18.7 Å². The lowest BCUT2D eigenvalue weighted by molar-refractivity contribution is -0.137. The maximum absolute atomic E-state index is 10.5. The summed E-state index contributed by atoms with van der Waals surface area (Å²) in [5.41, 5.74) is 6.77. The number of methoxy groups -OCH3 is 2. The molecule has 0 fully saturated rings. The number of rotatable bonds is 6. The molecule has 0 heterocycles. The van der Waals surface area contributed by atoms with Gasteiger partial charge in [-0.05, 0) is 34.0 Å². The normalized spacial score (nSPS) is 12.0. The van der Waals surface area contributed by atoms with Crippen LogP contribution >= 0.6 is 15.9 Å². The highest BCUT2D eigenvalue weighted by atomic mass is 79.9. The van der Waals surface area contributed by atoms with E-state index in [1.165, 1.54) is 7.11 Å². The minimum atomic E-state index is -0.859. The van der Waals surface area contributed by atoms with Crippen molar-refractivity contribution in [3.8, 4) is 11.5 Å². The number of carbonyl (C=O) groups is 1. The first-order chi connectivity index (χ1) is 8.51. The van der Waals surface area contributed by atoms with Crippen molar-refractivity contribution in [1.82, 2.24) is 0 Å². The lowest BCUT2D eigenvalue weighted by Gasteiger charge is -2.17. The Morgan fingerprint density at radius 2 is 2.11 bits per heavy atom. The van der Waals surface area contributed by atoms with Gasteiger partial charge in [0.25, 0.3) is 0 Å². The van der Waals surface area contributed by atoms with Gasteiger partial charge in [0.15, 0.2) is 11.5 Å². The predicted octanol–water partition coefficient (Wildman–Crippen LogP) is 2.33. The second-order valence-corrected chi connectivity index (χ2v) is 4.54. The molecule has 1 atom stereocenters. The Balaban J connectivity index is 2.99. The van der Waals surface area contributed by atoms with E-state index >= 15 is 0 Å². The Morgan fingerprint density at radius 1 is 1.44 bits per heavy atom. The van der Waals surface area contributed by atoms with Crippen LogP contribution in [-0.4, -0.2) is 25.3 Å². The molecule has 6 heteroatoms. The van der Waals surface area contributed by atoms with Crippen LogP contribution in [0.25, 0.3) is 0 Å². The van der Waals surface area contributed by atoms with E-state index in [2.05, 4.69) is 15.9 Å². The van der Waals surface area contributed by atoms with Gasteiger partial charge in [-0.15, -0.1) is 0 Å². The Labute approximate surface area is 114 Å². The molecule has 1 aromatic rings. The first kappa shape index (κ1) is 14.8. The summed E-state index contributed by atoms with van der Waals surface area (Å²) in [7, 11) is 3.09. The molecule has 0 aliphatic heterocycles. The molecule has 0 spiro atoms. The van der Waals surface area contributed by atoms with Crippen LogP contribution < -0.4 is 15.2 Å². The van der Waals surface area contributed by atoms with Crippen LogP contribution in [0.1, 0.15) is 24.4 Å². The topological polar surface area (TPSA) is 81.8 Å². The van der Waals surface area contributed by atoms with Crippen molar-refractivity contribution < 1.29 is 19.4 Å². The maximum atomic E-state index is 10.5. The fraction of sp³-hybridized carbons (Fsp3) is 0.417. The highest BCUT2D eigenvalue weighted by Crippen LogP contribution is 2.40. The Hall–Kier alpha value is -1.27. The number of carboxylic acids is 1. The molecule has 0 aliphatic rings. The number of nitrogens with two attached hydrogens (primary N) is 1. The molecule has 1 rings (SSSR count). The second-order valence-electron chi connectivity index (χ2n) is 3.74. The summed E-state index contributed by atoms with van der Waals surface area (Å²) in [4.78, 5) is 10.5. The second kappa shape index (κ2) is 6.61. The van der Waals surface area contributed by atoms with Gasteiger partial charge in [0.1, 0.15) is 0 Å². The van der Waals surface area contributed by atoms with E-state index in [0.29, 0.717) is 22.4 Å². The number of halogens is 1. The quantitative estimate of drug-likeness (QED) is 0.841. The van der Waals surface area contributed by atoms with E-state index in [9.17, 15) is 4.79 Å². The van der Waals surface area contributed by atoms with Gasteiger partial charge in [0.2, 0.25) is 0 Å². The van der Waals surface area contributed by atoms with E-state index in [-0.39, 0.29) is 12.5 Å². The summed E-state index contributed by atoms with van der Waals surface area (Å²) >= 11 is 3.41. The van der Waals surface area contributed by atoms with Crippen LogP contribution in [-0.2, 0) is 4.79 Å². The van der Waals surface area contributed by atoms with Crippen molar-refractivity contribution in [3.63, 3.8) is 0 Å². The minimum Gasteiger partial charge on any atom is -0.493 e. The van der Waals surface area contributed by atoms with E-state index < -0.39 is 5.97 Å². The first-order valence-electron chi connectivity index (χ1n) is 5.39. The molecule has 0 aliphatic carbocycles. The molecule has 0 radical (unpaired) electrons. The molecule has 0 saturated carbocycles. The van der Waals surface area contributed by atoms with Crippen LogP contribution in [0.15, 0.2) is 16.6 Å². The zero-order valence-electron chi connectivity index (χ0n) is 10.3. The van der Waals surface area contributed by atoms with Crippen LogP contribution in [0, 0.1) is 0 Å². The Morgan fingerprint density at radius 3 is 2.61 bits per heavy atom. The fourth-order valence-electron chi connectivity index (χ4n) is 1.63. The standard InChI is InChI=1S/C12H16BrNO4/c1-17-9-5-3-7(11(13)12(9)18-2)8(14)4-6-10(15)16/h3,5,8H,4,6,14H2,1-2H3,(H,15,16). The summed E-state index contributed by atoms with van der Waals surface area (Å²) < 4.78 is 11.1. The van der Waals surface area contributed by atoms with Gasteiger partial charge in [0, 0.05) is 12.5 Å². The smallest absolute Gasteiger partial charge is 0.303 e. The summed E-state index contributed by atoms with van der Waals surface area (Å²) in [5.74, 6) is 0.293. The zero-order chi connectivity index (χ0) is 13.7. The summed E-state index contributed by atoms with van der Waals surface area (Å²) in [5, 5.41) is 8.65. The van der Waals surface area contributed by atoms with Crippen molar-refractivity contribution in [2.24, 2.45) is 5.73 Å². The van der Waals surface area contributed by atoms with Crippen LogP contribution in [0.4, 0.5) is 0 Å². The molecule has 100 valence electrons. The Bertz CT molecular complexity index is 436. The maximum Gasteiger partial charge on any atom is 0.303 e. The molecule has 0 amide bonds. The third kappa shape index (κ3) is 3.36. The molecular formula is C12H16BrNO4. The van der Waals surface area contributed by atoms with Crippen molar-refractivity contribution >= 4 is 21.9 Å². The van der Waals surface area contributed by atoms with Crippen molar-refractivity contribution in [1.29, 1.82) is 0 Å². The van der Waals surface area contributed by atoms with Crippen molar-refractivity contribution in [2.45, 2.75) is 18.9 Å². The number of benzene rings is 1. The number of hydrogen-bond acceptors (Lipinski definition) is 4. The van der Waals surface area contributed by atoms with Gasteiger partial charge in [-0.2, -0.15) is 0 Å². The largest absolute Gasteiger partial charge is 0.493 e. The molecule has 0 aromatic heterocycles. The monoisotopic (exact) mass is 317 g/mol. The van der Waals surface area contributed by atoms with Gasteiger partial charge in [-0.1, -0.05) is 6.07 Å². The van der Waals surface area contributed by atoms with Gasteiger partial charge >= 0.3 is 5.97 Å². The minimum absolute atomic E-state index is 0.0297. The third-order valence-electron chi connectivity index (χ3n) is 2.58. The molecule has 5 nitrogen and oxygen atoms in total. The zero-order valence-corrected chi connectivity index (χ0v) is 11.9. The molecule has 18 heavy (non-hydrogen) atoms. The van der Waals surface area contributed by atoms with Crippen molar-refractivity contribution in [3.05, 3.63) is 22.2 Å². The number of carboxylic acid groups (broad SMARTS) is 1. The van der Waals surface area contributed by atoms with E-state index in [4.69, 9.17) is 20.3 Å². The highest BCUT2D eigenvalue weighted by molar-refractivity contribution is 9.10. The molecule has 0 saturated heterocycles. The summed E-state index contributed by atoms with van der Waals surface area (Å²) in [6, 6.07) is 3.19. The van der Waals surface area contributed by atoms with Crippen molar-refractivity contribution in [2.75, 3.05) is 14.2 Å². The number of aliphatic carboxylic acids is 1. The molecular weight excluding hydrogens is 302 g/mol. The van der Waals surface area contributed by atoms with Crippen LogP contribution in [0.2, 0.25) is 0 Å². The lowest BCUT2D eigenvalue weighted by Crippen LogP contribution is -2.13. The molecule has 1 unspecified atom stereocenters. The van der Waals surface area contributed by atoms with Crippen LogP contribution in [0.3, 0.4) is 0 Å². The first-order valence-corrected chi connectivity index (χ1v) is 6.18. The Kier molecular flexibility index (Phi) is 5.43. The van der Waals surface area contributed by atoms with E-state index in [1.54, 1.807) is 19.2 Å². The average molecular weight is 318 g/mol. The number of ether oxygens (including phenoxy) is 2. The molecule has 1 aromatic carbocycles. The van der Waals surface area contributed by atoms with E-state index in [0.717, 1.165) is 5.56 Å². The van der Waals surface area contributed by atoms with Crippen LogP contribution in [0.5, 0.6) is 11.5 Å². The molecule has 0 bridgehead atoms.